The highest BCUT2D eigenvalue weighted by Crippen LogP contribution is 2.37. The molecule has 96 valence electrons. The smallest absolute Gasteiger partial charge is 0.131 e. The summed E-state index contributed by atoms with van der Waals surface area (Å²) in [5.74, 6) is 0.877. The van der Waals surface area contributed by atoms with E-state index in [0.717, 1.165) is 33.1 Å². The standard InChI is InChI=1S/C14H17NO2S/c1-8-5-9(2)13(14(17-4)10(8)3)11-7-18-12(6-16)15-11/h5,7,16H,6H2,1-4H3. The zero-order chi connectivity index (χ0) is 13.3. The van der Waals surface area contributed by atoms with Crippen LogP contribution in [0.2, 0.25) is 0 Å². The van der Waals surface area contributed by atoms with Gasteiger partial charge in [-0.25, -0.2) is 4.98 Å². The van der Waals surface area contributed by atoms with Crippen LogP contribution in [0.3, 0.4) is 0 Å². The van der Waals surface area contributed by atoms with E-state index in [4.69, 9.17) is 9.84 Å². The van der Waals surface area contributed by atoms with E-state index in [1.807, 2.05) is 5.38 Å². The highest BCUT2D eigenvalue weighted by atomic mass is 32.1. The molecule has 2 rings (SSSR count). The first-order valence-corrected chi connectivity index (χ1v) is 6.66. The Morgan fingerprint density at radius 3 is 2.56 bits per heavy atom. The van der Waals surface area contributed by atoms with Crippen LogP contribution < -0.4 is 4.74 Å². The fourth-order valence-corrected chi connectivity index (χ4v) is 2.77. The number of aryl methyl sites for hydroxylation is 2. The van der Waals surface area contributed by atoms with Crippen LogP contribution in [0, 0.1) is 20.8 Å². The van der Waals surface area contributed by atoms with Crippen LogP contribution >= 0.6 is 11.3 Å². The summed E-state index contributed by atoms with van der Waals surface area (Å²) < 4.78 is 5.54. The summed E-state index contributed by atoms with van der Waals surface area (Å²) in [6, 6.07) is 2.14. The van der Waals surface area contributed by atoms with Gasteiger partial charge in [0.2, 0.25) is 0 Å². The second-order valence-corrected chi connectivity index (χ2v) is 5.27. The van der Waals surface area contributed by atoms with Crippen molar-refractivity contribution in [2.24, 2.45) is 0 Å². The first-order chi connectivity index (χ1) is 8.58. The number of hydrogen-bond acceptors (Lipinski definition) is 4. The highest BCUT2D eigenvalue weighted by Gasteiger charge is 2.16. The van der Waals surface area contributed by atoms with E-state index in [9.17, 15) is 0 Å². The lowest BCUT2D eigenvalue weighted by atomic mass is 9.97. The molecular formula is C14H17NO2S. The Labute approximate surface area is 111 Å². The molecule has 0 aliphatic heterocycles. The third-order valence-corrected chi connectivity index (χ3v) is 3.97. The van der Waals surface area contributed by atoms with Crippen molar-refractivity contribution in [2.45, 2.75) is 27.4 Å². The molecular weight excluding hydrogens is 246 g/mol. The average Bonchev–Trinajstić information content (AvgIpc) is 2.81. The van der Waals surface area contributed by atoms with Crippen molar-refractivity contribution in [3.05, 3.63) is 33.1 Å². The van der Waals surface area contributed by atoms with Gasteiger partial charge >= 0.3 is 0 Å². The van der Waals surface area contributed by atoms with E-state index >= 15 is 0 Å². The number of aromatic nitrogens is 1. The molecule has 0 bridgehead atoms. The predicted octanol–water partition coefficient (Wildman–Crippen LogP) is 3.24. The second-order valence-electron chi connectivity index (χ2n) is 4.33. The van der Waals surface area contributed by atoms with Crippen molar-refractivity contribution in [1.82, 2.24) is 4.98 Å². The summed E-state index contributed by atoms with van der Waals surface area (Å²) in [6.07, 6.45) is 0. The van der Waals surface area contributed by atoms with Gasteiger partial charge in [0, 0.05) is 10.9 Å². The number of thiazole rings is 1. The summed E-state index contributed by atoms with van der Waals surface area (Å²) in [7, 11) is 1.68. The number of aliphatic hydroxyl groups is 1. The Balaban J connectivity index is 2.66. The normalized spacial score (nSPS) is 10.7. The Morgan fingerprint density at radius 1 is 1.28 bits per heavy atom. The fourth-order valence-electron chi connectivity index (χ4n) is 2.12. The number of methoxy groups -OCH3 is 1. The number of rotatable bonds is 3. The maximum atomic E-state index is 9.11. The SMILES string of the molecule is COc1c(C)c(C)cc(C)c1-c1csc(CO)n1. The van der Waals surface area contributed by atoms with Gasteiger partial charge in [0.25, 0.3) is 0 Å². The third-order valence-electron chi connectivity index (χ3n) is 3.13. The molecule has 2 aromatic rings. The van der Waals surface area contributed by atoms with E-state index in [1.165, 1.54) is 16.9 Å². The number of ether oxygens (including phenoxy) is 1. The minimum atomic E-state index is -0.0170. The molecule has 0 aliphatic carbocycles. The van der Waals surface area contributed by atoms with Crippen molar-refractivity contribution >= 4 is 11.3 Å². The minimum Gasteiger partial charge on any atom is -0.496 e. The lowest BCUT2D eigenvalue weighted by Gasteiger charge is -2.15. The lowest BCUT2D eigenvalue weighted by Crippen LogP contribution is -1.97. The van der Waals surface area contributed by atoms with Crippen LogP contribution in [0.5, 0.6) is 5.75 Å². The molecule has 1 N–H and O–H groups in total. The molecule has 1 heterocycles. The van der Waals surface area contributed by atoms with Gasteiger partial charge in [-0.1, -0.05) is 6.07 Å². The zero-order valence-corrected chi connectivity index (χ0v) is 11.9. The third kappa shape index (κ3) is 2.13. The van der Waals surface area contributed by atoms with Crippen molar-refractivity contribution in [3.8, 4) is 17.0 Å². The molecule has 4 heteroatoms. The number of aliphatic hydroxyl groups excluding tert-OH is 1. The van der Waals surface area contributed by atoms with Crippen LogP contribution in [-0.2, 0) is 6.61 Å². The second kappa shape index (κ2) is 5.08. The Bertz CT molecular complexity index is 575. The first-order valence-electron chi connectivity index (χ1n) is 5.79. The van der Waals surface area contributed by atoms with E-state index in [2.05, 4.69) is 31.8 Å². The molecule has 18 heavy (non-hydrogen) atoms. The molecule has 0 aliphatic rings. The van der Waals surface area contributed by atoms with Gasteiger partial charge in [-0.2, -0.15) is 0 Å². The van der Waals surface area contributed by atoms with Crippen LogP contribution in [0.4, 0.5) is 0 Å². The molecule has 0 saturated carbocycles. The topological polar surface area (TPSA) is 42.4 Å². The summed E-state index contributed by atoms with van der Waals surface area (Å²) >= 11 is 1.47. The largest absolute Gasteiger partial charge is 0.496 e. The summed E-state index contributed by atoms with van der Waals surface area (Å²) in [5, 5.41) is 11.8. The van der Waals surface area contributed by atoms with E-state index in [1.54, 1.807) is 7.11 Å². The summed E-state index contributed by atoms with van der Waals surface area (Å²) in [4.78, 5) is 4.43. The first kappa shape index (κ1) is 13.1. The van der Waals surface area contributed by atoms with Crippen molar-refractivity contribution in [3.63, 3.8) is 0 Å². The number of benzene rings is 1. The fraction of sp³-hybridized carbons (Fsp3) is 0.357. The molecule has 1 aromatic heterocycles. The zero-order valence-electron chi connectivity index (χ0n) is 11.1. The molecule has 0 saturated heterocycles. The Morgan fingerprint density at radius 2 is 2.00 bits per heavy atom. The van der Waals surface area contributed by atoms with Gasteiger partial charge in [0.05, 0.1) is 19.4 Å². The molecule has 0 unspecified atom stereocenters. The molecule has 0 atom stereocenters. The number of hydrogen-bond donors (Lipinski definition) is 1. The molecule has 0 radical (unpaired) electrons. The Hall–Kier alpha value is -1.39. The monoisotopic (exact) mass is 263 g/mol. The van der Waals surface area contributed by atoms with Crippen LogP contribution in [0.25, 0.3) is 11.3 Å². The van der Waals surface area contributed by atoms with Gasteiger partial charge in [0.15, 0.2) is 0 Å². The molecule has 0 spiro atoms. The van der Waals surface area contributed by atoms with E-state index in [0.29, 0.717) is 0 Å². The van der Waals surface area contributed by atoms with Gasteiger partial charge in [-0.3, -0.25) is 0 Å². The van der Waals surface area contributed by atoms with Crippen molar-refractivity contribution in [2.75, 3.05) is 7.11 Å². The molecule has 0 fully saturated rings. The lowest BCUT2D eigenvalue weighted by molar-refractivity contribution is 0.281. The summed E-state index contributed by atoms with van der Waals surface area (Å²) in [5.41, 5.74) is 5.39. The van der Waals surface area contributed by atoms with Gasteiger partial charge in [0.1, 0.15) is 10.8 Å². The van der Waals surface area contributed by atoms with Gasteiger partial charge in [-0.15, -0.1) is 11.3 Å². The van der Waals surface area contributed by atoms with Crippen molar-refractivity contribution < 1.29 is 9.84 Å². The quantitative estimate of drug-likeness (QED) is 0.924. The predicted molar refractivity (Wildman–Crippen MR) is 74.2 cm³/mol. The number of nitrogens with zero attached hydrogens (tertiary/aromatic N) is 1. The van der Waals surface area contributed by atoms with Gasteiger partial charge < -0.3 is 9.84 Å². The summed E-state index contributed by atoms with van der Waals surface area (Å²) in [6.45, 7) is 6.17. The highest BCUT2D eigenvalue weighted by molar-refractivity contribution is 7.09. The maximum absolute atomic E-state index is 9.11. The Kier molecular flexibility index (Phi) is 3.68. The van der Waals surface area contributed by atoms with Gasteiger partial charge in [-0.05, 0) is 37.5 Å². The minimum absolute atomic E-state index is 0.0170. The molecule has 0 amide bonds. The van der Waals surface area contributed by atoms with Crippen LogP contribution in [0.1, 0.15) is 21.7 Å². The average molecular weight is 263 g/mol. The maximum Gasteiger partial charge on any atom is 0.131 e. The molecule has 1 aromatic carbocycles. The van der Waals surface area contributed by atoms with Crippen molar-refractivity contribution in [1.29, 1.82) is 0 Å². The van der Waals surface area contributed by atoms with Crippen LogP contribution in [-0.4, -0.2) is 17.2 Å². The molecule has 3 nitrogen and oxygen atoms in total. The van der Waals surface area contributed by atoms with E-state index in [-0.39, 0.29) is 6.61 Å². The van der Waals surface area contributed by atoms with Crippen LogP contribution in [0.15, 0.2) is 11.4 Å². The van der Waals surface area contributed by atoms with E-state index < -0.39 is 0 Å².